The third-order valence-corrected chi connectivity index (χ3v) is 14.0. The molecule has 0 radical (unpaired) electrons. The van der Waals surface area contributed by atoms with Gasteiger partial charge in [0.15, 0.2) is 0 Å². The van der Waals surface area contributed by atoms with Gasteiger partial charge in [0, 0.05) is 34.1 Å². The van der Waals surface area contributed by atoms with E-state index in [2.05, 4.69) is 185 Å². The molecule has 6 aromatic rings. The van der Waals surface area contributed by atoms with E-state index in [1.165, 1.54) is 61.2 Å². The molecule has 0 unspecified atom stereocenters. The third kappa shape index (κ3) is 6.92. The van der Waals surface area contributed by atoms with Crippen LogP contribution in [0.5, 0.6) is 0 Å². The molecule has 0 spiro atoms. The predicted molar refractivity (Wildman–Crippen MR) is 251 cm³/mol. The molecule has 298 valence electrons. The topological polar surface area (TPSA) is 25.8 Å². The zero-order valence-corrected chi connectivity index (χ0v) is 37.3. The van der Waals surface area contributed by atoms with Gasteiger partial charge in [-0.3, -0.25) is 9.97 Å². The average Bonchev–Trinajstić information content (AvgIpc) is 3.51. The normalized spacial score (nSPS) is 18.2. The number of hydrogen-bond acceptors (Lipinski definition) is 2. The summed E-state index contributed by atoms with van der Waals surface area (Å²) < 4.78 is 0. The largest absolute Gasteiger partial charge is 0.256 e. The second-order valence-electron chi connectivity index (χ2n) is 20.3. The van der Waals surface area contributed by atoms with Gasteiger partial charge in [-0.1, -0.05) is 128 Å². The van der Waals surface area contributed by atoms with Crippen molar-refractivity contribution < 1.29 is 0 Å². The second-order valence-corrected chi connectivity index (χ2v) is 20.7. The molecule has 9 rings (SSSR count). The summed E-state index contributed by atoms with van der Waals surface area (Å²) in [6.07, 6.45) is 13.0. The van der Waals surface area contributed by atoms with Gasteiger partial charge in [0.05, 0.1) is 11.4 Å². The first kappa shape index (κ1) is 39.4. The molecule has 2 aromatic heterocycles. The quantitative estimate of drug-likeness (QED) is 0.168. The van der Waals surface area contributed by atoms with E-state index in [0.29, 0.717) is 0 Å². The molecule has 59 heavy (non-hydrogen) atoms. The van der Waals surface area contributed by atoms with E-state index in [-0.39, 0.29) is 21.7 Å². The zero-order chi connectivity index (χ0) is 41.6. The highest BCUT2D eigenvalue weighted by Gasteiger charge is 2.43. The van der Waals surface area contributed by atoms with E-state index < -0.39 is 0 Å². The highest BCUT2D eigenvalue weighted by Crippen LogP contribution is 2.52. The average molecular weight is 794 g/mol. The van der Waals surface area contributed by atoms with E-state index in [1.54, 1.807) is 0 Å². The molecule has 3 aliphatic rings. The maximum Gasteiger partial charge on any atom is 0.0705 e. The molecule has 2 heterocycles. The fraction of sp³-hybridized carbons (Fsp3) is 0.321. The van der Waals surface area contributed by atoms with Crippen molar-refractivity contribution in [2.45, 2.75) is 117 Å². The van der Waals surface area contributed by atoms with Crippen molar-refractivity contribution in [3.63, 3.8) is 0 Å². The van der Waals surface area contributed by atoms with Crippen molar-refractivity contribution in [1.29, 1.82) is 0 Å². The molecule has 0 aliphatic heterocycles. The van der Waals surface area contributed by atoms with E-state index in [4.69, 9.17) is 21.6 Å². The lowest BCUT2D eigenvalue weighted by Crippen LogP contribution is -2.18. The number of rotatable bonds is 6. The Balaban J connectivity index is 1.06. The Labute approximate surface area is 357 Å². The highest BCUT2D eigenvalue weighted by atomic mass is 35.5. The number of allylic oxidation sites excluding steroid dienone is 4. The van der Waals surface area contributed by atoms with E-state index in [0.717, 1.165) is 69.9 Å². The van der Waals surface area contributed by atoms with Crippen molar-refractivity contribution >= 4 is 22.7 Å². The van der Waals surface area contributed by atoms with Crippen LogP contribution in [0.1, 0.15) is 126 Å². The van der Waals surface area contributed by atoms with Gasteiger partial charge in [-0.15, -0.1) is 0 Å². The number of fused-ring (bicyclic) bond motifs is 2. The van der Waals surface area contributed by atoms with Gasteiger partial charge in [0.25, 0.3) is 0 Å². The summed E-state index contributed by atoms with van der Waals surface area (Å²) in [7, 11) is 0. The molecule has 3 heteroatoms. The summed E-state index contributed by atoms with van der Waals surface area (Å²) in [5.74, 6) is 0. The van der Waals surface area contributed by atoms with Crippen LogP contribution in [0.25, 0.3) is 55.9 Å². The second kappa shape index (κ2) is 14.0. The van der Waals surface area contributed by atoms with Crippen LogP contribution >= 0.6 is 11.6 Å². The van der Waals surface area contributed by atoms with Crippen LogP contribution in [0.4, 0.5) is 0 Å². The molecular weight excluding hydrogens is 736 g/mol. The molecule has 0 atom stereocenters. The smallest absolute Gasteiger partial charge is 0.0705 e. The number of nitrogens with zero attached hydrogens (tertiary/aromatic N) is 2. The third-order valence-electron chi connectivity index (χ3n) is 13.8. The van der Waals surface area contributed by atoms with Crippen LogP contribution < -0.4 is 0 Å². The standard InChI is InChI=1S/C56H57ClN2/c1-34-23-51(36-19-21-47-49(28-36)55(7,8)32-53(47,3)4)58-30-45(34)43-17-13-11-15-41(43)38-25-39(27-40(57)26-38)42-16-12-14-18-44(42)46-31-59-52(24-35(46)2)37-20-22-48-50(29-37)56(9,10)33-54(48,5)6/h11-13,15-17,19-31H,14,18,32-33H2,1-10H3. The van der Waals surface area contributed by atoms with Crippen molar-refractivity contribution in [3.8, 4) is 44.8 Å². The molecule has 0 fully saturated rings. The Morgan fingerprint density at radius 1 is 0.492 bits per heavy atom. The number of aromatic nitrogens is 2. The number of benzene rings is 4. The number of hydrogen-bond donors (Lipinski definition) is 0. The summed E-state index contributed by atoms with van der Waals surface area (Å²) in [5.41, 5.74) is 22.7. The Morgan fingerprint density at radius 2 is 1.00 bits per heavy atom. The first-order valence-corrected chi connectivity index (χ1v) is 21.8. The fourth-order valence-electron chi connectivity index (χ4n) is 11.4. The number of pyridine rings is 2. The van der Waals surface area contributed by atoms with Gasteiger partial charge in [-0.05, 0) is 176 Å². The highest BCUT2D eigenvalue weighted by molar-refractivity contribution is 6.31. The number of halogens is 1. The molecular formula is C56H57ClN2. The summed E-state index contributed by atoms with van der Waals surface area (Å²) in [4.78, 5) is 10.2. The van der Waals surface area contributed by atoms with Gasteiger partial charge in [-0.2, -0.15) is 0 Å². The molecule has 0 N–H and O–H groups in total. The molecule has 0 saturated heterocycles. The van der Waals surface area contributed by atoms with E-state index >= 15 is 0 Å². The monoisotopic (exact) mass is 792 g/mol. The van der Waals surface area contributed by atoms with Crippen LogP contribution in [0.15, 0.2) is 116 Å². The van der Waals surface area contributed by atoms with Gasteiger partial charge in [0.2, 0.25) is 0 Å². The van der Waals surface area contributed by atoms with Crippen molar-refractivity contribution in [1.82, 2.24) is 9.97 Å². The minimum absolute atomic E-state index is 0.140. The van der Waals surface area contributed by atoms with Crippen LogP contribution in [-0.4, -0.2) is 9.97 Å². The van der Waals surface area contributed by atoms with Crippen LogP contribution in [0.3, 0.4) is 0 Å². The summed E-state index contributed by atoms with van der Waals surface area (Å²) >= 11 is 7.04. The molecule has 0 bridgehead atoms. The SMILES string of the molecule is Cc1cc(-c2ccc3c(c2)C(C)(C)CC3(C)C)ncc1C1=C(c2cc(Cl)cc(-c3ccccc3-c3cnc(-c4ccc5c(c4)C(C)(C)CC5(C)C)cc3C)c2)C=CCC1. The Kier molecular flexibility index (Phi) is 9.37. The molecule has 2 nitrogen and oxygen atoms in total. The Bertz CT molecular complexity index is 2750. The first-order chi connectivity index (χ1) is 27.9. The minimum Gasteiger partial charge on any atom is -0.256 e. The maximum atomic E-state index is 7.04. The summed E-state index contributed by atoms with van der Waals surface area (Å²) in [6, 6.07) is 33.7. The fourth-order valence-corrected chi connectivity index (χ4v) is 11.6. The summed E-state index contributed by atoms with van der Waals surface area (Å²) in [6.45, 7) is 23.4. The maximum absolute atomic E-state index is 7.04. The zero-order valence-electron chi connectivity index (χ0n) is 36.6. The number of aryl methyl sites for hydroxylation is 2. The van der Waals surface area contributed by atoms with Gasteiger partial charge < -0.3 is 0 Å². The molecule has 4 aromatic carbocycles. The van der Waals surface area contributed by atoms with Crippen molar-refractivity contribution in [2.24, 2.45) is 0 Å². The Morgan fingerprint density at radius 3 is 1.56 bits per heavy atom. The Hall–Kier alpha value is -5.05. The van der Waals surface area contributed by atoms with Crippen molar-refractivity contribution in [2.75, 3.05) is 0 Å². The van der Waals surface area contributed by atoms with Gasteiger partial charge in [0.1, 0.15) is 0 Å². The molecule has 3 aliphatic carbocycles. The lowest BCUT2D eigenvalue weighted by molar-refractivity contribution is 0.402. The van der Waals surface area contributed by atoms with E-state index in [1.807, 2.05) is 0 Å². The van der Waals surface area contributed by atoms with Crippen LogP contribution in [0.2, 0.25) is 5.02 Å². The van der Waals surface area contributed by atoms with Gasteiger partial charge >= 0.3 is 0 Å². The molecule has 0 saturated carbocycles. The van der Waals surface area contributed by atoms with Gasteiger partial charge in [-0.25, -0.2) is 0 Å². The lowest BCUT2D eigenvalue weighted by atomic mass is 9.82. The van der Waals surface area contributed by atoms with E-state index in [9.17, 15) is 0 Å². The lowest BCUT2D eigenvalue weighted by Gasteiger charge is -2.22. The van der Waals surface area contributed by atoms with Crippen LogP contribution in [-0.2, 0) is 21.7 Å². The summed E-state index contributed by atoms with van der Waals surface area (Å²) in [5, 5.41) is 0.721. The molecule has 0 amide bonds. The van der Waals surface area contributed by atoms with Crippen molar-refractivity contribution in [3.05, 3.63) is 165 Å². The predicted octanol–water partition coefficient (Wildman–Crippen LogP) is 15.6. The first-order valence-electron chi connectivity index (χ1n) is 21.5. The van der Waals surface area contributed by atoms with Crippen LogP contribution in [0, 0.1) is 13.8 Å². The minimum atomic E-state index is 0.140.